The summed E-state index contributed by atoms with van der Waals surface area (Å²) in [7, 11) is 0. The van der Waals surface area contributed by atoms with Gasteiger partial charge >= 0.3 is 0 Å². The predicted molar refractivity (Wildman–Crippen MR) is 68.0 cm³/mol. The second-order valence-electron chi connectivity index (χ2n) is 3.85. The van der Waals surface area contributed by atoms with E-state index in [0.717, 1.165) is 5.56 Å². The van der Waals surface area contributed by atoms with Crippen molar-refractivity contribution in [3.05, 3.63) is 41.9 Å². The molecule has 0 aromatic carbocycles. The SMILES string of the molecule is CCNC(=O)c1cc(C)nnc1-c1cccnc1. The lowest BCUT2D eigenvalue weighted by atomic mass is 10.1. The molecule has 0 aliphatic carbocycles. The van der Waals surface area contributed by atoms with E-state index in [1.165, 1.54) is 0 Å². The van der Waals surface area contributed by atoms with E-state index in [1.54, 1.807) is 24.5 Å². The zero-order valence-corrected chi connectivity index (χ0v) is 10.3. The molecule has 0 saturated carbocycles. The molecule has 2 heterocycles. The van der Waals surface area contributed by atoms with Crippen molar-refractivity contribution < 1.29 is 4.79 Å². The van der Waals surface area contributed by atoms with Gasteiger partial charge in [0.1, 0.15) is 5.69 Å². The molecule has 0 spiro atoms. The molecule has 0 atom stereocenters. The molecule has 92 valence electrons. The first-order valence-corrected chi connectivity index (χ1v) is 5.75. The number of pyridine rings is 1. The largest absolute Gasteiger partial charge is 0.352 e. The number of hydrogen-bond donors (Lipinski definition) is 1. The lowest BCUT2D eigenvalue weighted by Crippen LogP contribution is -2.24. The van der Waals surface area contributed by atoms with Crippen LogP contribution < -0.4 is 5.32 Å². The smallest absolute Gasteiger partial charge is 0.253 e. The molecule has 18 heavy (non-hydrogen) atoms. The third-order valence-electron chi connectivity index (χ3n) is 2.43. The minimum absolute atomic E-state index is 0.144. The molecule has 5 heteroatoms. The number of carbonyl (C=O) groups excluding carboxylic acids is 1. The van der Waals surface area contributed by atoms with Gasteiger partial charge in [-0.3, -0.25) is 9.78 Å². The highest BCUT2D eigenvalue weighted by Crippen LogP contribution is 2.20. The van der Waals surface area contributed by atoms with Crippen LogP contribution in [0.5, 0.6) is 0 Å². The maximum atomic E-state index is 12.0. The van der Waals surface area contributed by atoms with Crippen LogP contribution in [0.4, 0.5) is 0 Å². The van der Waals surface area contributed by atoms with Crippen molar-refractivity contribution in [2.75, 3.05) is 6.54 Å². The molecule has 0 fully saturated rings. The minimum atomic E-state index is -0.144. The van der Waals surface area contributed by atoms with Gasteiger partial charge in [0.15, 0.2) is 0 Å². The monoisotopic (exact) mass is 242 g/mol. The van der Waals surface area contributed by atoms with E-state index < -0.39 is 0 Å². The number of hydrogen-bond acceptors (Lipinski definition) is 4. The van der Waals surface area contributed by atoms with Crippen LogP contribution in [0.25, 0.3) is 11.3 Å². The summed E-state index contributed by atoms with van der Waals surface area (Å²) in [5, 5.41) is 10.9. The molecule has 0 unspecified atom stereocenters. The van der Waals surface area contributed by atoms with Crippen LogP contribution >= 0.6 is 0 Å². The van der Waals surface area contributed by atoms with Crippen LogP contribution in [0.15, 0.2) is 30.6 Å². The Hall–Kier alpha value is -2.30. The Labute approximate surface area is 105 Å². The molecule has 2 rings (SSSR count). The zero-order chi connectivity index (χ0) is 13.0. The lowest BCUT2D eigenvalue weighted by Gasteiger charge is -2.08. The van der Waals surface area contributed by atoms with Crippen LogP contribution in [0.2, 0.25) is 0 Å². The number of aromatic nitrogens is 3. The van der Waals surface area contributed by atoms with E-state index in [2.05, 4.69) is 20.5 Å². The second kappa shape index (κ2) is 5.35. The lowest BCUT2D eigenvalue weighted by molar-refractivity contribution is 0.0956. The standard InChI is InChI=1S/C13H14N4O/c1-3-15-13(18)11-7-9(2)16-17-12(11)10-5-4-6-14-8-10/h4-8H,3H2,1-2H3,(H,15,18). The topological polar surface area (TPSA) is 67.8 Å². The van der Waals surface area contributed by atoms with Crippen molar-refractivity contribution >= 4 is 5.91 Å². The van der Waals surface area contributed by atoms with Gasteiger partial charge in [-0.1, -0.05) is 0 Å². The molecule has 5 nitrogen and oxygen atoms in total. The van der Waals surface area contributed by atoms with E-state index in [1.807, 2.05) is 19.9 Å². The molecular weight excluding hydrogens is 228 g/mol. The number of carbonyl (C=O) groups is 1. The first-order valence-electron chi connectivity index (χ1n) is 5.75. The Kier molecular flexibility index (Phi) is 3.62. The van der Waals surface area contributed by atoms with Gasteiger partial charge in [0.2, 0.25) is 0 Å². The van der Waals surface area contributed by atoms with Gasteiger partial charge < -0.3 is 5.32 Å². The predicted octanol–water partition coefficient (Wildman–Crippen LogP) is 1.60. The van der Waals surface area contributed by atoms with Crippen molar-refractivity contribution in [2.24, 2.45) is 0 Å². The summed E-state index contributed by atoms with van der Waals surface area (Å²) in [6.07, 6.45) is 3.35. The first-order chi connectivity index (χ1) is 8.72. The molecule has 2 aromatic heterocycles. The molecule has 0 aliphatic heterocycles. The Morgan fingerprint density at radius 3 is 2.89 bits per heavy atom. The van der Waals surface area contributed by atoms with Gasteiger partial charge in [-0.05, 0) is 32.0 Å². The van der Waals surface area contributed by atoms with Crippen LogP contribution in [0.3, 0.4) is 0 Å². The molecule has 0 radical (unpaired) electrons. The van der Waals surface area contributed by atoms with Gasteiger partial charge in [0.05, 0.1) is 11.3 Å². The summed E-state index contributed by atoms with van der Waals surface area (Å²) in [4.78, 5) is 16.0. The summed E-state index contributed by atoms with van der Waals surface area (Å²) in [6, 6.07) is 5.40. The Balaban J connectivity index is 2.51. The zero-order valence-electron chi connectivity index (χ0n) is 10.3. The van der Waals surface area contributed by atoms with E-state index in [9.17, 15) is 4.79 Å². The van der Waals surface area contributed by atoms with Crippen LogP contribution in [-0.4, -0.2) is 27.6 Å². The average molecular weight is 242 g/mol. The highest BCUT2D eigenvalue weighted by molar-refractivity contribution is 5.99. The summed E-state index contributed by atoms with van der Waals surface area (Å²) < 4.78 is 0. The fourth-order valence-electron chi connectivity index (χ4n) is 1.63. The highest BCUT2D eigenvalue weighted by atomic mass is 16.1. The van der Waals surface area contributed by atoms with Crippen LogP contribution in [0.1, 0.15) is 23.0 Å². The van der Waals surface area contributed by atoms with Gasteiger partial charge in [-0.15, -0.1) is 5.10 Å². The quantitative estimate of drug-likeness (QED) is 0.887. The van der Waals surface area contributed by atoms with Gasteiger partial charge in [-0.2, -0.15) is 5.10 Å². The fourth-order valence-corrected chi connectivity index (χ4v) is 1.63. The van der Waals surface area contributed by atoms with Gasteiger partial charge in [0.25, 0.3) is 5.91 Å². The van der Waals surface area contributed by atoms with Crippen molar-refractivity contribution in [1.82, 2.24) is 20.5 Å². The van der Waals surface area contributed by atoms with Crippen molar-refractivity contribution in [2.45, 2.75) is 13.8 Å². The molecule has 1 amide bonds. The maximum Gasteiger partial charge on any atom is 0.253 e. The minimum Gasteiger partial charge on any atom is -0.352 e. The number of amides is 1. The van der Waals surface area contributed by atoms with Crippen molar-refractivity contribution in [3.8, 4) is 11.3 Å². The molecule has 2 aromatic rings. The highest BCUT2D eigenvalue weighted by Gasteiger charge is 2.14. The number of nitrogens with zero attached hydrogens (tertiary/aromatic N) is 3. The summed E-state index contributed by atoms with van der Waals surface area (Å²) in [5.41, 5.74) is 2.58. The summed E-state index contributed by atoms with van der Waals surface area (Å²) >= 11 is 0. The Morgan fingerprint density at radius 2 is 2.22 bits per heavy atom. The van der Waals surface area contributed by atoms with Gasteiger partial charge in [0, 0.05) is 24.5 Å². The number of rotatable bonds is 3. The number of aryl methyl sites for hydroxylation is 1. The molecule has 1 N–H and O–H groups in total. The van der Waals surface area contributed by atoms with Gasteiger partial charge in [-0.25, -0.2) is 0 Å². The van der Waals surface area contributed by atoms with E-state index in [4.69, 9.17) is 0 Å². The summed E-state index contributed by atoms with van der Waals surface area (Å²) in [6.45, 7) is 4.26. The van der Waals surface area contributed by atoms with E-state index in [-0.39, 0.29) is 5.91 Å². The van der Waals surface area contributed by atoms with Crippen LogP contribution in [-0.2, 0) is 0 Å². The van der Waals surface area contributed by atoms with Crippen molar-refractivity contribution in [1.29, 1.82) is 0 Å². The first kappa shape index (κ1) is 12.2. The molecular formula is C13H14N4O. The fraction of sp³-hybridized carbons (Fsp3) is 0.231. The van der Waals surface area contributed by atoms with E-state index >= 15 is 0 Å². The second-order valence-corrected chi connectivity index (χ2v) is 3.85. The maximum absolute atomic E-state index is 12.0. The van der Waals surface area contributed by atoms with Crippen molar-refractivity contribution in [3.63, 3.8) is 0 Å². The third kappa shape index (κ3) is 2.51. The van der Waals surface area contributed by atoms with Crippen LogP contribution in [0, 0.1) is 6.92 Å². The Bertz CT molecular complexity index is 554. The molecule has 0 aliphatic rings. The number of nitrogens with one attached hydrogen (secondary N) is 1. The van der Waals surface area contributed by atoms with E-state index in [0.29, 0.717) is 23.5 Å². The summed E-state index contributed by atoms with van der Waals surface area (Å²) in [5.74, 6) is -0.144. The average Bonchev–Trinajstić information content (AvgIpc) is 2.40. The third-order valence-corrected chi connectivity index (χ3v) is 2.43. The molecule has 0 bridgehead atoms. The normalized spacial score (nSPS) is 10.1. The Morgan fingerprint density at radius 1 is 1.39 bits per heavy atom. The molecule has 0 saturated heterocycles.